The van der Waals surface area contributed by atoms with E-state index in [0.717, 1.165) is 11.3 Å². The summed E-state index contributed by atoms with van der Waals surface area (Å²) in [5, 5.41) is 12.4. The molecule has 0 atom stereocenters. The van der Waals surface area contributed by atoms with Gasteiger partial charge in [-0.1, -0.05) is 22.9 Å². The lowest BCUT2D eigenvalue weighted by atomic mass is 10.2. The van der Waals surface area contributed by atoms with Gasteiger partial charge in [0.2, 0.25) is 5.13 Å². The molecule has 1 amide bonds. The van der Waals surface area contributed by atoms with Crippen molar-refractivity contribution in [1.29, 1.82) is 0 Å². The Bertz CT molecular complexity index is 850. The number of nitrogens with one attached hydrogen (secondary N) is 1. The second-order valence-corrected chi connectivity index (χ2v) is 6.35. The minimum absolute atomic E-state index is 0.126. The molecule has 0 saturated carbocycles. The third kappa shape index (κ3) is 4.68. The molecule has 1 heterocycles. The van der Waals surface area contributed by atoms with Gasteiger partial charge >= 0.3 is 0 Å². The van der Waals surface area contributed by atoms with Crippen LogP contribution in [-0.4, -0.2) is 29.8 Å². The third-order valence-electron chi connectivity index (χ3n) is 3.19. The number of amides is 1. The van der Waals surface area contributed by atoms with Gasteiger partial charge in [-0.3, -0.25) is 10.1 Å². The first-order valence-electron chi connectivity index (χ1n) is 7.30. The van der Waals surface area contributed by atoms with E-state index < -0.39 is 0 Å². The number of nitrogens with zero attached hydrogens (tertiary/aromatic N) is 2. The summed E-state index contributed by atoms with van der Waals surface area (Å²) in [6, 6.07) is 14.2. The smallest absolute Gasteiger partial charge is 0.264 e. The van der Waals surface area contributed by atoms with Crippen LogP contribution in [0.2, 0.25) is 5.02 Å². The number of carbonyl (C=O) groups is 1. The molecule has 0 aliphatic rings. The van der Waals surface area contributed by atoms with Crippen LogP contribution in [0.25, 0.3) is 10.6 Å². The van der Waals surface area contributed by atoms with Gasteiger partial charge in [-0.2, -0.15) is 0 Å². The van der Waals surface area contributed by atoms with Crippen LogP contribution in [0.5, 0.6) is 11.5 Å². The summed E-state index contributed by atoms with van der Waals surface area (Å²) in [6.07, 6.45) is 0. The molecule has 6 nitrogen and oxygen atoms in total. The molecule has 0 bridgehead atoms. The topological polar surface area (TPSA) is 73.3 Å². The van der Waals surface area contributed by atoms with E-state index in [-0.39, 0.29) is 12.5 Å². The maximum Gasteiger partial charge on any atom is 0.264 e. The number of hydrogen-bond acceptors (Lipinski definition) is 6. The Labute approximate surface area is 153 Å². The maximum atomic E-state index is 11.9. The lowest BCUT2D eigenvalue weighted by molar-refractivity contribution is -0.118. The minimum atomic E-state index is -0.313. The van der Waals surface area contributed by atoms with Gasteiger partial charge in [-0.25, -0.2) is 0 Å². The highest BCUT2D eigenvalue weighted by atomic mass is 35.5. The molecular formula is C17H14ClN3O3S. The molecule has 0 aliphatic heterocycles. The Morgan fingerprint density at radius 3 is 2.44 bits per heavy atom. The number of anilines is 1. The van der Waals surface area contributed by atoms with E-state index in [1.54, 1.807) is 31.4 Å². The van der Waals surface area contributed by atoms with E-state index in [2.05, 4.69) is 15.5 Å². The van der Waals surface area contributed by atoms with Gasteiger partial charge in [0, 0.05) is 10.6 Å². The average molecular weight is 376 g/mol. The Balaban J connectivity index is 1.56. The van der Waals surface area contributed by atoms with Crippen molar-refractivity contribution < 1.29 is 14.3 Å². The summed E-state index contributed by atoms with van der Waals surface area (Å²) in [7, 11) is 1.61. The Morgan fingerprint density at radius 2 is 1.76 bits per heavy atom. The Morgan fingerprint density at radius 1 is 1.08 bits per heavy atom. The molecule has 0 saturated heterocycles. The first-order valence-corrected chi connectivity index (χ1v) is 8.49. The molecule has 25 heavy (non-hydrogen) atoms. The van der Waals surface area contributed by atoms with E-state index in [0.29, 0.717) is 20.9 Å². The monoisotopic (exact) mass is 375 g/mol. The highest BCUT2D eigenvalue weighted by Gasteiger charge is 2.10. The van der Waals surface area contributed by atoms with E-state index >= 15 is 0 Å². The van der Waals surface area contributed by atoms with Crippen molar-refractivity contribution in [2.45, 2.75) is 0 Å². The predicted molar refractivity (Wildman–Crippen MR) is 97.5 cm³/mol. The van der Waals surface area contributed by atoms with E-state index in [4.69, 9.17) is 21.1 Å². The number of benzene rings is 2. The maximum absolute atomic E-state index is 11.9. The summed E-state index contributed by atoms with van der Waals surface area (Å²) >= 11 is 7.08. The van der Waals surface area contributed by atoms with Gasteiger partial charge in [0.05, 0.1) is 7.11 Å². The van der Waals surface area contributed by atoms with Crippen LogP contribution in [-0.2, 0) is 4.79 Å². The van der Waals surface area contributed by atoms with Crippen molar-refractivity contribution in [2.24, 2.45) is 0 Å². The van der Waals surface area contributed by atoms with Gasteiger partial charge in [-0.15, -0.1) is 10.2 Å². The fourth-order valence-electron chi connectivity index (χ4n) is 1.96. The number of rotatable bonds is 6. The Kier molecular flexibility index (Phi) is 5.47. The van der Waals surface area contributed by atoms with E-state index in [1.807, 2.05) is 24.3 Å². The molecule has 128 valence electrons. The normalized spacial score (nSPS) is 10.3. The van der Waals surface area contributed by atoms with Crippen LogP contribution in [0.4, 0.5) is 5.13 Å². The first kappa shape index (κ1) is 17.2. The highest BCUT2D eigenvalue weighted by Crippen LogP contribution is 2.27. The molecule has 1 N–H and O–H groups in total. The third-order valence-corrected chi connectivity index (χ3v) is 4.33. The van der Waals surface area contributed by atoms with Gasteiger partial charge in [0.25, 0.3) is 5.91 Å². The SMILES string of the molecule is COc1ccc(-c2nnc(NC(=O)COc3ccc(Cl)cc3)s2)cc1. The average Bonchev–Trinajstić information content (AvgIpc) is 3.10. The van der Waals surface area contributed by atoms with Crippen LogP contribution in [0, 0.1) is 0 Å². The number of carbonyl (C=O) groups excluding carboxylic acids is 1. The quantitative estimate of drug-likeness (QED) is 0.707. The molecular weight excluding hydrogens is 362 g/mol. The van der Waals surface area contributed by atoms with Crippen LogP contribution < -0.4 is 14.8 Å². The van der Waals surface area contributed by atoms with Gasteiger partial charge < -0.3 is 9.47 Å². The second kappa shape index (κ2) is 7.96. The summed E-state index contributed by atoms with van der Waals surface area (Å²) in [6.45, 7) is -0.126. The molecule has 8 heteroatoms. The number of methoxy groups -OCH3 is 1. The number of hydrogen-bond donors (Lipinski definition) is 1. The molecule has 0 radical (unpaired) electrons. The lowest BCUT2D eigenvalue weighted by Crippen LogP contribution is -2.20. The van der Waals surface area contributed by atoms with Crippen LogP contribution >= 0.6 is 22.9 Å². The van der Waals surface area contributed by atoms with Crippen LogP contribution in [0.1, 0.15) is 0 Å². The fraction of sp³-hybridized carbons (Fsp3) is 0.118. The minimum Gasteiger partial charge on any atom is -0.497 e. The summed E-state index contributed by atoms with van der Waals surface area (Å²) in [5.41, 5.74) is 0.899. The first-order chi connectivity index (χ1) is 12.1. The van der Waals surface area contributed by atoms with E-state index in [1.165, 1.54) is 11.3 Å². The van der Waals surface area contributed by atoms with Crippen molar-refractivity contribution in [1.82, 2.24) is 10.2 Å². The standard InChI is InChI=1S/C17H14ClN3O3S/c1-23-13-6-2-11(3-7-13)16-20-21-17(25-16)19-15(22)10-24-14-8-4-12(18)5-9-14/h2-9H,10H2,1H3,(H,19,21,22). The number of ether oxygens (including phenoxy) is 2. The number of halogens is 1. The summed E-state index contributed by atoms with van der Waals surface area (Å²) in [5.74, 6) is 1.02. The number of aromatic nitrogens is 2. The zero-order chi connectivity index (χ0) is 17.6. The van der Waals surface area contributed by atoms with Crippen molar-refractivity contribution in [3.05, 3.63) is 53.6 Å². The molecule has 0 aliphatic carbocycles. The van der Waals surface area contributed by atoms with Gasteiger partial charge in [0.15, 0.2) is 6.61 Å². The molecule has 0 unspecified atom stereocenters. The van der Waals surface area contributed by atoms with Crippen molar-refractivity contribution in [3.8, 4) is 22.1 Å². The Hall–Kier alpha value is -2.64. The second-order valence-electron chi connectivity index (χ2n) is 4.93. The molecule has 3 aromatic rings. The van der Waals surface area contributed by atoms with Crippen molar-refractivity contribution in [2.75, 3.05) is 19.0 Å². The predicted octanol–water partition coefficient (Wildman–Crippen LogP) is 3.88. The summed E-state index contributed by atoms with van der Waals surface area (Å²) in [4.78, 5) is 11.9. The molecule has 0 fully saturated rings. The summed E-state index contributed by atoms with van der Waals surface area (Å²) < 4.78 is 10.5. The molecule has 3 rings (SSSR count). The van der Waals surface area contributed by atoms with Gasteiger partial charge in [-0.05, 0) is 48.5 Å². The van der Waals surface area contributed by atoms with Gasteiger partial charge in [0.1, 0.15) is 16.5 Å². The van der Waals surface area contributed by atoms with Crippen LogP contribution in [0.3, 0.4) is 0 Å². The lowest BCUT2D eigenvalue weighted by Gasteiger charge is -2.05. The molecule has 0 spiro atoms. The molecule has 1 aromatic heterocycles. The van der Waals surface area contributed by atoms with E-state index in [9.17, 15) is 4.79 Å². The fourth-order valence-corrected chi connectivity index (χ4v) is 2.85. The highest BCUT2D eigenvalue weighted by molar-refractivity contribution is 7.18. The zero-order valence-electron chi connectivity index (χ0n) is 13.2. The van der Waals surface area contributed by atoms with Crippen molar-refractivity contribution >= 4 is 34.0 Å². The van der Waals surface area contributed by atoms with Crippen LogP contribution in [0.15, 0.2) is 48.5 Å². The van der Waals surface area contributed by atoms with Crippen molar-refractivity contribution in [3.63, 3.8) is 0 Å². The zero-order valence-corrected chi connectivity index (χ0v) is 14.8. The largest absolute Gasteiger partial charge is 0.497 e. The molecule has 2 aromatic carbocycles.